The van der Waals surface area contributed by atoms with E-state index in [0.717, 1.165) is 32.9 Å². The van der Waals surface area contributed by atoms with Crippen LogP contribution in [-0.2, 0) is 11.4 Å². The second-order valence-corrected chi connectivity index (χ2v) is 8.54. The largest absolute Gasteiger partial charge is 0.488 e. The first-order valence-electron chi connectivity index (χ1n) is 10.5. The maximum Gasteiger partial charge on any atom is 0.217 e. The Balaban J connectivity index is 1.54. The standard InChI is InChI=1S/C24H25N5O3S/c1-15-11-18(7-8-20(15)31-13-22-25-9-10-33-22)29-24-23-19(27-14-28-24)5-4-6-21(23)32-16(2)12-26-17(3)30/h4-11,14,16H,12-13H2,1-3H3,(H,26,30)(H,27,28,29)/t16-/m1/s1. The summed E-state index contributed by atoms with van der Waals surface area (Å²) in [5.74, 6) is 1.99. The van der Waals surface area contributed by atoms with Crippen LogP contribution >= 0.6 is 11.3 Å². The lowest BCUT2D eigenvalue weighted by Crippen LogP contribution is -2.32. The molecule has 1 atom stereocenters. The molecule has 0 fully saturated rings. The number of hydrogen-bond donors (Lipinski definition) is 2. The number of amides is 1. The van der Waals surface area contributed by atoms with Crippen LogP contribution in [0.15, 0.2) is 54.3 Å². The van der Waals surface area contributed by atoms with E-state index in [1.807, 2.05) is 55.6 Å². The summed E-state index contributed by atoms with van der Waals surface area (Å²) in [6.45, 7) is 6.24. The molecule has 4 rings (SSSR count). The summed E-state index contributed by atoms with van der Waals surface area (Å²) in [5, 5.41) is 9.80. The number of thiazole rings is 1. The van der Waals surface area contributed by atoms with Crippen molar-refractivity contribution >= 4 is 39.7 Å². The second kappa shape index (κ2) is 10.3. The SMILES string of the molecule is CC(=O)NC[C@@H](C)Oc1cccc2ncnc(Nc3ccc(OCc4nccs4)c(C)c3)c12. The van der Waals surface area contributed by atoms with Crippen molar-refractivity contribution in [1.29, 1.82) is 0 Å². The third-order valence-electron chi connectivity index (χ3n) is 4.86. The molecule has 0 aliphatic heterocycles. The summed E-state index contributed by atoms with van der Waals surface area (Å²) in [6.07, 6.45) is 3.07. The molecule has 9 heteroatoms. The van der Waals surface area contributed by atoms with E-state index in [9.17, 15) is 4.79 Å². The van der Waals surface area contributed by atoms with E-state index in [-0.39, 0.29) is 12.0 Å². The van der Waals surface area contributed by atoms with E-state index >= 15 is 0 Å². The third-order valence-corrected chi connectivity index (χ3v) is 5.62. The smallest absolute Gasteiger partial charge is 0.217 e. The lowest BCUT2D eigenvalue weighted by atomic mass is 10.1. The van der Waals surface area contributed by atoms with E-state index in [1.54, 1.807) is 17.5 Å². The van der Waals surface area contributed by atoms with Gasteiger partial charge < -0.3 is 20.1 Å². The number of nitrogens with zero attached hydrogens (tertiary/aromatic N) is 3. The van der Waals surface area contributed by atoms with Gasteiger partial charge in [-0.3, -0.25) is 4.79 Å². The number of hydrogen-bond acceptors (Lipinski definition) is 8. The molecule has 2 aromatic heterocycles. The van der Waals surface area contributed by atoms with Gasteiger partial charge in [0.2, 0.25) is 5.91 Å². The van der Waals surface area contributed by atoms with Crippen molar-refractivity contribution in [2.45, 2.75) is 33.5 Å². The van der Waals surface area contributed by atoms with Gasteiger partial charge in [0, 0.05) is 24.2 Å². The number of benzene rings is 2. The Bertz CT molecular complexity index is 1240. The highest BCUT2D eigenvalue weighted by Crippen LogP contribution is 2.33. The molecule has 33 heavy (non-hydrogen) atoms. The molecule has 0 saturated heterocycles. The number of anilines is 2. The lowest BCUT2D eigenvalue weighted by Gasteiger charge is -2.18. The van der Waals surface area contributed by atoms with Crippen molar-refractivity contribution < 1.29 is 14.3 Å². The molecule has 0 unspecified atom stereocenters. The number of nitrogens with one attached hydrogen (secondary N) is 2. The van der Waals surface area contributed by atoms with Crippen LogP contribution in [0.25, 0.3) is 10.9 Å². The van der Waals surface area contributed by atoms with Gasteiger partial charge in [-0.2, -0.15) is 0 Å². The zero-order chi connectivity index (χ0) is 23.2. The molecule has 0 bridgehead atoms. The first-order chi connectivity index (χ1) is 16.0. The molecule has 4 aromatic rings. The number of aromatic nitrogens is 3. The fraction of sp³-hybridized carbons (Fsp3) is 0.250. The van der Waals surface area contributed by atoms with Crippen molar-refractivity contribution in [3.05, 3.63) is 64.9 Å². The first kappa shape index (κ1) is 22.5. The minimum Gasteiger partial charge on any atom is -0.488 e. The highest BCUT2D eigenvalue weighted by Gasteiger charge is 2.14. The Morgan fingerprint density at radius 2 is 2.03 bits per heavy atom. The molecule has 8 nitrogen and oxygen atoms in total. The predicted octanol–water partition coefficient (Wildman–Crippen LogP) is 4.62. The van der Waals surface area contributed by atoms with Crippen molar-refractivity contribution in [3.8, 4) is 11.5 Å². The van der Waals surface area contributed by atoms with Crippen molar-refractivity contribution in [2.75, 3.05) is 11.9 Å². The number of carbonyl (C=O) groups excluding carboxylic acids is 1. The number of aryl methyl sites for hydroxylation is 1. The molecule has 170 valence electrons. The second-order valence-electron chi connectivity index (χ2n) is 7.56. The van der Waals surface area contributed by atoms with Gasteiger partial charge in [-0.05, 0) is 49.7 Å². The van der Waals surface area contributed by atoms with Crippen LogP contribution in [0, 0.1) is 6.92 Å². The summed E-state index contributed by atoms with van der Waals surface area (Å²) in [4.78, 5) is 24.3. The molecule has 2 N–H and O–H groups in total. The number of rotatable bonds is 9. The van der Waals surface area contributed by atoms with Gasteiger partial charge in [0.15, 0.2) is 0 Å². The van der Waals surface area contributed by atoms with E-state index in [4.69, 9.17) is 9.47 Å². The molecule has 0 radical (unpaired) electrons. The Morgan fingerprint density at radius 1 is 1.15 bits per heavy atom. The predicted molar refractivity (Wildman–Crippen MR) is 129 cm³/mol. The Labute approximate surface area is 196 Å². The van der Waals surface area contributed by atoms with Gasteiger partial charge in [0.1, 0.15) is 41.4 Å². The monoisotopic (exact) mass is 463 g/mol. The van der Waals surface area contributed by atoms with E-state index < -0.39 is 0 Å². The van der Waals surface area contributed by atoms with Crippen LogP contribution in [0.1, 0.15) is 24.4 Å². The molecular weight excluding hydrogens is 438 g/mol. The first-order valence-corrected chi connectivity index (χ1v) is 11.4. The number of ether oxygens (including phenoxy) is 2. The van der Waals surface area contributed by atoms with Gasteiger partial charge >= 0.3 is 0 Å². The maximum atomic E-state index is 11.2. The van der Waals surface area contributed by atoms with Gasteiger partial charge in [0.05, 0.1) is 17.4 Å². The minimum atomic E-state index is -0.218. The van der Waals surface area contributed by atoms with Crippen LogP contribution in [-0.4, -0.2) is 33.5 Å². The minimum absolute atomic E-state index is 0.0940. The molecule has 0 spiro atoms. The third kappa shape index (κ3) is 5.75. The Hall–Kier alpha value is -3.72. The van der Waals surface area contributed by atoms with Crippen molar-refractivity contribution in [1.82, 2.24) is 20.3 Å². The molecule has 1 amide bonds. The highest BCUT2D eigenvalue weighted by atomic mass is 32.1. The fourth-order valence-corrected chi connectivity index (χ4v) is 3.83. The number of fused-ring (bicyclic) bond motifs is 1. The normalized spacial score (nSPS) is 11.7. The van der Waals surface area contributed by atoms with E-state index in [1.165, 1.54) is 13.3 Å². The molecule has 0 aliphatic rings. The Morgan fingerprint density at radius 3 is 2.79 bits per heavy atom. The van der Waals surface area contributed by atoms with Crippen molar-refractivity contribution in [2.24, 2.45) is 0 Å². The summed E-state index contributed by atoms with van der Waals surface area (Å²) >= 11 is 1.57. The fourth-order valence-electron chi connectivity index (χ4n) is 3.31. The Kier molecular flexibility index (Phi) is 6.99. The average Bonchev–Trinajstić information content (AvgIpc) is 3.31. The van der Waals surface area contributed by atoms with Gasteiger partial charge in [-0.1, -0.05) is 6.07 Å². The van der Waals surface area contributed by atoms with E-state index in [0.29, 0.717) is 24.7 Å². The van der Waals surface area contributed by atoms with Crippen LogP contribution in [0.2, 0.25) is 0 Å². The van der Waals surface area contributed by atoms with Gasteiger partial charge in [-0.15, -0.1) is 11.3 Å². The molecular formula is C24H25N5O3S. The summed E-state index contributed by atoms with van der Waals surface area (Å²) in [5.41, 5.74) is 2.63. The molecule has 0 saturated carbocycles. The van der Waals surface area contributed by atoms with E-state index in [2.05, 4.69) is 25.6 Å². The zero-order valence-corrected chi connectivity index (χ0v) is 19.5. The van der Waals surface area contributed by atoms with Crippen LogP contribution in [0.3, 0.4) is 0 Å². The maximum absolute atomic E-state index is 11.2. The molecule has 2 aromatic carbocycles. The van der Waals surface area contributed by atoms with Crippen LogP contribution < -0.4 is 20.1 Å². The van der Waals surface area contributed by atoms with Crippen LogP contribution in [0.4, 0.5) is 11.5 Å². The average molecular weight is 464 g/mol. The topological polar surface area (TPSA) is 98.3 Å². The summed E-state index contributed by atoms with van der Waals surface area (Å²) in [6, 6.07) is 11.6. The van der Waals surface area contributed by atoms with Crippen LogP contribution in [0.5, 0.6) is 11.5 Å². The van der Waals surface area contributed by atoms with Gasteiger partial charge in [0.25, 0.3) is 0 Å². The molecule has 0 aliphatic carbocycles. The summed E-state index contributed by atoms with van der Waals surface area (Å²) in [7, 11) is 0. The van der Waals surface area contributed by atoms with Crippen molar-refractivity contribution in [3.63, 3.8) is 0 Å². The lowest BCUT2D eigenvalue weighted by molar-refractivity contribution is -0.119. The highest BCUT2D eigenvalue weighted by molar-refractivity contribution is 7.09. The molecule has 2 heterocycles. The van der Waals surface area contributed by atoms with Gasteiger partial charge in [-0.25, -0.2) is 15.0 Å². The number of carbonyl (C=O) groups is 1. The summed E-state index contributed by atoms with van der Waals surface area (Å²) < 4.78 is 12.0. The quantitative estimate of drug-likeness (QED) is 0.374. The zero-order valence-electron chi connectivity index (χ0n) is 18.7.